The molecular formula is C19H15F2N3O2. The number of rotatable bonds is 3. The summed E-state index contributed by atoms with van der Waals surface area (Å²) in [6.45, 7) is 2.21. The van der Waals surface area contributed by atoms with Gasteiger partial charge in [0.05, 0.1) is 0 Å². The van der Waals surface area contributed by atoms with Crippen LogP contribution in [0.4, 0.5) is 14.5 Å². The Morgan fingerprint density at radius 1 is 1.15 bits per heavy atom. The predicted molar refractivity (Wildman–Crippen MR) is 90.5 cm³/mol. The lowest BCUT2D eigenvalue weighted by Crippen LogP contribution is -2.24. The van der Waals surface area contributed by atoms with E-state index in [0.717, 1.165) is 29.3 Å². The summed E-state index contributed by atoms with van der Waals surface area (Å²) in [6.07, 6.45) is 0.158. The lowest BCUT2D eigenvalue weighted by Gasteiger charge is -2.16. The number of hydrogen-bond acceptors (Lipinski definition) is 4. The number of nitrogens with zero attached hydrogens (tertiary/aromatic N) is 3. The first-order chi connectivity index (χ1) is 12.5. The Labute approximate surface area is 148 Å². The first kappa shape index (κ1) is 16.4. The van der Waals surface area contributed by atoms with Crippen LogP contribution in [0.3, 0.4) is 0 Å². The molecule has 0 N–H and O–H groups in total. The van der Waals surface area contributed by atoms with Crippen molar-refractivity contribution in [2.24, 2.45) is 0 Å². The highest BCUT2D eigenvalue weighted by Gasteiger charge is 2.35. The van der Waals surface area contributed by atoms with Crippen molar-refractivity contribution in [2.75, 3.05) is 11.4 Å². The number of amides is 1. The molecule has 26 heavy (non-hydrogen) atoms. The monoisotopic (exact) mass is 355 g/mol. The van der Waals surface area contributed by atoms with Crippen LogP contribution in [0.5, 0.6) is 0 Å². The molecule has 0 radical (unpaired) electrons. The largest absolute Gasteiger partial charge is 0.334 e. The average molecular weight is 355 g/mol. The van der Waals surface area contributed by atoms with Crippen molar-refractivity contribution in [1.82, 2.24) is 10.1 Å². The van der Waals surface area contributed by atoms with Crippen molar-refractivity contribution in [3.63, 3.8) is 0 Å². The molecular weight excluding hydrogens is 340 g/mol. The van der Waals surface area contributed by atoms with Crippen molar-refractivity contribution in [1.29, 1.82) is 0 Å². The summed E-state index contributed by atoms with van der Waals surface area (Å²) >= 11 is 0. The molecule has 1 saturated heterocycles. The molecule has 1 amide bonds. The van der Waals surface area contributed by atoms with Crippen LogP contribution in [0.2, 0.25) is 0 Å². The molecule has 1 atom stereocenters. The van der Waals surface area contributed by atoms with Gasteiger partial charge in [0.1, 0.15) is 11.6 Å². The summed E-state index contributed by atoms with van der Waals surface area (Å²) in [5.41, 5.74) is 2.06. The minimum Gasteiger partial charge on any atom is -0.334 e. The fourth-order valence-corrected chi connectivity index (χ4v) is 3.12. The molecule has 5 nitrogen and oxygen atoms in total. The molecule has 1 aromatic heterocycles. The zero-order chi connectivity index (χ0) is 18.3. The van der Waals surface area contributed by atoms with Crippen LogP contribution in [0, 0.1) is 18.6 Å². The van der Waals surface area contributed by atoms with Gasteiger partial charge in [0.15, 0.2) is 5.82 Å². The molecule has 1 aliphatic rings. The van der Waals surface area contributed by atoms with E-state index >= 15 is 0 Å². The van der Waals surface area contributed by atoms with Crippen molar-refractivity contribution >= 4 is 11.6 Å². The van der Waals surface area contributed by atoms with Gasteiger partial charge in [-0.05, 0) is 31.2 Å². The highest BCUT2D eigenvalue weighted by atomic mass is 19.1. The second-order valence-corrected chi connectivity index (χ2v) is 6.36. The Bertz CT molecular complexity index is 966. The van der Waals surface area contributed by atoms with Gasteiger partial charge in [-0.25, -0.2) is 8.78 Å². The van der Waals surface area contributed by atoms with Gasteiger partial charge in [0.25, 0.3) is 5.89 Å². The van der Waals surface area contributed by atoms with Gasteiger partial charge in [-0.15, -0.1) is 0 Å². The average Bonchev–Trinajstić information content (AvgIpc) is 3.20. The maximum absolute atomic E-state index is 13.4. The third-order valence-corrected chi connectivity index (χ3v) is 4.36. The molecule has 132 valence electrons. The summed E-state index contributed by atoms with van der Waals surface area (Å²) in [6, 6.07) is 10.7. The molecule has 7 heteroatoms. The number of anilines is 1. The van der Waals surface area contributed by atoms with E-state index in [2.05, 4.69) is 10.1 Å². The second kappa shape index (κ2) is 6.33. The number of hydrogen-bond donors (Lipinski definition) is 0. The van der Waals surface area contributed by atoms with Crippen LogP contribution >= 0.6 is 0 Å². The lowest BCUT2D eigenvalue weighted by molar-refractivity contribution is -0.117. The topological polar surface area (TPSA) is 59.2 Å². The second-order valence-electron chi connectivity index (χ2n) is 6.36. The fourth-order valence-electron chi connectivity index (χ4n) is 3.12. The van der Waals surface area contributed by atoms with Crippen LogP contribution < -0.4 is 4.90 Å². The minimum absolute atomic E-state index is 0.158. The van der Waals surface area contributed by atoms with Crippen molar-refractivity contribution in [2.45, 2.75) is 19.3 Å². The van der Waals surface area contributed by atoms with Crippen molar-refractivity contribution < 1.29 is 18.1 Å². The quantitative estimate of drug-likeness (QED) is 0.716. The molecule has 1 fully saturated rings. The zero-order valence-corrected chi connectivity index (χ0v) is 13.9. The molecule has 0 bridgehead atoms. The first-order valence-corrected chi connectivity index (χ1v) is 8.17. The normalized spacial score (nSPS) is 17.1. The summed E-state index contributed by atoms with van der Waals surface area (Å²) < 4.78 is 32.2. The van der Waals surface area contributed by atoms with Crippen LogP contribution in [0.25, 0.3) is 11.5 Å². The van der Waals surface area contributed by atoms with Gasteiger partial charge >= 0.3 is 0 Å². The first-order valence-electron chi connectivity index (χ1n) is 8.17. The van der Waals surface area contributed by atoms with E-state index in [9.17, 15) is 13.6 Å². The smallest absolute Gasteiger partial charge is 0.257 e. The van der Waals surface area contributed by atoms with Gasteiger partial charge in [-0.1, -0.05) is 22.9 Å². The summed E-state index contributed by atoms with van der Waals surface area (Å²) in [7, 11) is 0. The number of halogens is 2. The number of aryl methyl sites for hydroxylation is 1. The van der Waals surface area contributed by atoms with E-state index < -0.39 is 11.6 Å². The van der Waals surface area contributed by atoms with Gasteiger partial charge < -0.3 is 9.42 Å². The van der Waals surface area contributed by atoms with Gasteiger partial charge in [-0.3, -0.25) is 4.79 Å². The van der Waals surface area contributed by atoms with Crippen LogP contribution in [0.15, 0.2) is 47.0 Å². The minimum atomic E-state index is -0.724. The molecule has 3 aromatic rings. The highest BCUT2D eigenvalue weighted by molar-refractivity contribution is 5.96. The number of benzene rings is 2. The highest BCUT2D eigenvalue weighted by Crippen LogP contribution is 2.32. The maximum Gasteiger partial charge on any atom is 0.257 e. The molecule has 1 aliphatic heterocycles. The standard InChI is InChI=1S/C19H15F2N3O2/c1-11-3-2-4-12(5-11)19-22-18(23-26-19)13-6-17(25)24(10-13)16-8-14(20)7-15(21)9-16/h2-5,7-9,13H,6,10H2,1H3. The van der Waals surface area contributed by atoms with Crippen LogP contribution in [-0.2, 0) is 4.79 Å². The zero-order valence-electron chi connectivity index (χ0n) is 13.9. The van der Waals surface area contributed by atoms with Gasteiger partial charge in [0.2, 0.25) is 5.91 Å². The molecule has 4 rings (SSSR count). The number of carbonyl (C=O) groups is 1. The van der Waals surface area contributed by atoms with Crippen molar-refractivity contribution in [3.8, 4) is 11.5 Å². The molecule has 1 unspecified atom stereocenters. The van der Waals surface area contributed by atoms with E-state index in [0.29, 0.717) is 11.7 Å². The maximum atomic E-state index is 13.4. The Kier molecular flexibility index (Phi) is 3.99. The molecule has 0 spiro atoms. The van der Waals surface area contributed by atoms with E-state index in [1.807, 2.05) is 31.2 Å². The summed E-state index contributed by atoms with van der Waals surface area (Å²) in [5.74, 6) is -1.19. The third-order valence-electron chi connectivity index (χ3n) is 4.36. The van der Waals surface area contributed by atoms with Crippen LogP contribution in [-0.4, -0.2) is 22.6 Å². The van der Waals surface area contributed by atoms with Crippen LogP contribution in [0.1, 0.15) is 23.7 Å². The van der Waals surface area contributed by atoms with Gasteiger partial charge in [0, 0.05) is 36.2 Å². The Morgan fingerprint density at radius 2 is 1.92 bits per heavy atom. The Hall–Kier alpha value is -3.09. The molecule has 0 aliphatic carbocycles. The van der Waals surface area contributed by atoms with E-state index in [4.69, 9.17) is 4.52 Å². The van der Waals surface area contributed by atoms with E-state index in [1.54, 1.807) is 0 Å². The SMILES string of the molecule is Cc1cccc(-c2nc(C3CC(=O)N(c4cc(F)cc(F)c4)C3)no2)c1. The molecule has 0 saturated carbocycles. The summed E-state index contributed by atoms with van der Waals surface area (Å²) in [4.78, 5) is 18.0. The Balaban J connectivity index is 1.58. The predicted octanol–water partition coefficient (Wildman–Crippen LogP) is 3.84. The Morgan fingerprint density at radius 3 is 2.65 bits per heavy atom. The molecule has 2 heterocycles. The fraction of sp³-hybridized carbons (Fsp3) is 0.211. The van der Waals surface area contributed by atoms with E-state index in [-0.39, 0.29) is 30.5 Å². The lowest BCUT2D eigenvalue weighted by atomic mass is 10.1. The molecule has 2 aromatic carbocycles. The van der Waals surface area contributed by atoms with Crippen molar-refractivity contribution in [3.05, 3.63) is 65.5 Å². The van der Waals surface area contributed by atoms with Gasteiger partial charge in [-0.2, -0.15) is 4.98 Å². The third kappa shape index (κ3) is 3.08. The summed E-state index contributed by atoms with van der Waals surface area (Å²) in [5, 5.41) is 3.99. The number of carbonyl (C=O) groups excluding carboxylic acids is 1. The number of aromatic nitrogens is 2. The van der Waals surface area contributed by atoms with E-state index in [1.165, 1.54) is 4.90 Å².